The van der Waals surface area contributed by atoms with Gasteiger partial charge in [-0.15, -0.1) is 0 Å². The van der Waals surface area contributed by atoms with Gasteiger partial charge >= 0.3 is 0 Å². The van der Waals surface area contributed by atoms with E-state index < -0.39 is 0 Å². The maximum Gasteiger partial charge on any atom is 0.224 e. The molecule has 4 nitrogen and oxygen atoms in total. The van der Waals surface area contributed by atoms with Crippen LogP contribution in [0, 0.1) is 0 Å². The van der Waals surface area contributed by atoms with Crippen LogP contribution in [-0.2, 0) is 4.79 Å². The molecule has 1 aromatic rings. The van der Waals surface area contributed by atoms with Crippen LogP contribution in [0.5, 0.6) is 5.75 Å². The van der Waals surface area contributed by atoms with Crippen LogP contribution in [-0.4, -0.2) is 17.6 Å². The number of anilines is 1. The van der Waals surface area contributed by atoms with Gasteiger partial charge < -0.3 is 15.7 Å². The molecule has 0 radical (unpaired) electrons. The Morgan fingerprint density at radius 1 is 1.24 bits per heavy atom. The Balaban J connectivity index is 2.65. The van der Waals surface area contributed by atoms with Gasteiger partial charge in [0.05, 0.1) is 0 Å². The number of amides is 1. The Bertz CT molecular complexity index is 446. The molecule has 0 saturated carbocycles. The predicted molar refractivity (Wildman–Crippen MR) is 87.6 cm³/mol. The summed E-state index contributed by atoms with van der Waals surface area (Å²) in [7, 11) is 0. The fraction of sp³-hybridized carbons (Fsp3) is 0.588. The Hall–Kier alpha value is -1.55. The lowest BCUT2D eigenvalue weighted by Crippen LogP contribution is -2.20. The minimum atomic E-state index is 0.0118. The number of hydrogen-bond acceptors (Lipinski definition) is 3. The van der Waals surface area contributed by atoms with Gasteiger partial charge in [0.15, 0.2) is 0 Å². The van der Waals surface area contributed by atoms with Gasteiger partial charge in [0.1, 0.15) is 5.75 Å². The average Bonchev–Trinajstić information content (AvgIpc) is 2.45. The zero-order valence-corrected chi connectivity index (χ0v) is 13.4. The maximum absolute atomic E-state index is 11.6. The van der Waals surface area contributed by atoms with E-state index in [2.05, 4.69) is 17.6 Å². The van der Waals surface area contributed by atoms with Crippen LogP contribution in [0.1, 0.15) is 64.5 Å². The monoisotopic (exact) mass is 292 g/mol. The molecule has 0 aliphatic rings. The first-order valence-corrected chi connectivity index (χ1v) is 7.94. The molecule has 21 heavy (non-hydrogen) atoms. The van der Waals surface area contributed by atoms with E-state index in [0.29, 0.717) is 6.42 Å². The molecule has 118 valence electrons. The van der Waals surface area contributed by atoms with Crippen molar-refractivity contribution in [1.29, 1.82) is 0 Å². The highest BCUT2D eigenvalue weighted by Crippen LogP contribution is 2.27. The summed E-state index contributed by atoms with van der Waals surface area (Å²) in [5.74, 6) is 0.275. The summed E-state index contributed by atoms with van der Waals surface area (Å²) in [6, 6.07) is 5.28. The number of carbonyl (C=O) groups excluding carboxylic acids is 1. The van der Waals surface area contributed by atoms with Crippen molar-refractivity contribution < 1.29 is 9.90 Å². The van der Waals surface area contributed by atoms with Gasteiger partial charge in [0.2, 0.25) is 5.91 Å². The van der Waals surface area contributed by atoms with E-state index in [1.54, 1.807) is 12.1 Å². The average molecular weight is 292 g/mol. The molecule has 0 fully saturated rings. The Labute approximate surface area is 128 Å². The first-order chi connectivity index (χ1) is 10.1. The lowest BCUT2D eigenvalue weighted by Gasteiger charge is -2.17. The highest BCUT2D eigenvalue weighted by Gasteiger charge is 2.11. The van der Waals surface area contributed by atoms with Crippen molar-refractivity contribution in [2.45, 2.75) is 58.9 Å². The molecule has 1 amide bonds. The fourth-order valence-corrected chi connectivity index (χ4v) is 2.23. The van der Waals surface area contributed by atoms with E-state index in [4.69, 9.17) is 0 Å². The lowest BCUT2D eigenvalue weighted by atomic mass is 10.1. The first kappa shape index (κ1) is 17.5. The summed E-state index contributed by atoms with van der Waals surface area (Å²) >= 11 is 0. The topological polar surface area (TPSA) is 61.4 Å². The van der Waals surface area contributed by atoms with Crippen molar-refractivity contribution in [1.82, 2.24) is 5.32 Å². The number of phenolic OH excluding ortho intramolecular Hbond substituents is 1. The number of carbonyl (C=O) groups is 1. The number of aromatic hydroxyl groups is 1. The molecule has 0 spiro atoms. The van der Waals surface area contributed by atoms with Crippen LogP contribution >= 0.6 is 0 Å². The van der Waals surface area contributed by atoms with Crippen LogP contribution in [0.25, 0.3) is 0 Å². The molecular weight excluding hydrogens is 264 g/mol. The van der Waals surface area contributed by atoms with Crippen LogP contribution in [0.3, 0.4) is 0 Å². The zero-order chi connectivity index (χ0) is 15.7. The number of benzene rings is 1. The van der Waals surface area contributed by atoms with Gasteiger partial charge in [0, 0.05) is 23.7 Å². The van der Waals surface area contributed by atoms with Gasteiger partial charge in [-0.2, -0.15) is 0 Å². The molecule has 1 unspecified atom stereocenters. The predicted octanol–water partition coefficient (Wildman–Crippen LogP) is 3.97. The zero-order valence-electron chi connectivity index (χ0n) is 13.4. The molecule has 0 bridgehead atoms. The first-order valence-electron chi connectivity index (χ1n) is 7.94. The number of unbranched alkanes of at least 4 members (excludes halogenated alkanes) is 2. The third-order valence-electron chi connectivity index (χ3n) is 3.49. The van der Waals surface area contributed by atoms with Crippen LogP contribution in [0.2, 0.25) is 0 Å². The summed E-state index contributed by atoms with van der Waals surface area (Å²) in [5.41, 5.74) is 1.56. The van der Waals surface area contributed by atoms with Crippen LogP contribution in [0.15, 0.2) is 18.2 Å². The second-order valence-corrected chi connectivity index (χ2v) is 5.45. The largest absolute Gasteiger partial charge is 0.508 e. The fourth-order valence-electron chi connectivity index (χ4n) is 2.23. The molecule has 0 aliphatic carbocycles. The van der Waals surface area contributed by atoms with E-state index in [1.165, 1.54) is 12.8 Å². The molecule has 3 N–H and O–H groups in total. The Morgan fingerprint density at radius 3 is 2.67 bits per heavy atom. The van der Waals surface area contributed by atoms with E-state index in [0.717, 1.165) is 30.6 Å². The van der Waals surface area contributed by atoms with Crippen molar-refractivity contribution in [3.8, 4) is 5.75 Å². The van der Waals surface area contributed by atoms with E-state index in [1.807, 2.05) is 19.9 Å². The van der Waals surface area contributed by atoms with Crippen molar-refractivity contribution in [2.24, 2.45) is 0 Å². The summed E-state index contributed by atoms with van der Waals surface area (Å²) < 4.78 is 0. The van der Waals surface area contributed by atoms with E-state index in [-0.39, 0.29) is 17.7 Å². The molecule has 0 saturated heterocycles. The molecule has 4 heteroatoms. The number of nitrogens with one attached hydrogen (secondary N) is 2. The second kappa shape index (κ2) is 9.40. The van der Waals surface area contributed by atoms with Gasteiger partial charge in [-0.3, -0.25) is 4.79 Å². The SMILES string of the molecule is CCCCCNC(C)c1cc(NC(=O)CCC)ccc1O. The quantitative estimate of drug-likeness (QED) is 0.476. The van der Waals surface area contributed by atoms with Crippen LogP contribution < -0.4 is 10.6 Å². The highest BCUT2D eigenvalue weighted by molar-refractivity contribution is 5.90. The summed E-state index contributed by atoms with van der Waals surface area (Å²) in [4.78, 5) is 11.6. The summed E-state index contributed by atoms with van der Waals surface area (Å²) in [5, 5.41) is 16.3. The van der Waals surface area contributed by atoms with Crippen molar-refractivity contribution >= 4 is 11.6 Å². The molecule has 0 aromatic heterocycles. The second-order valence-electron chi connectivity index (χ2n) is 5.45. The third kappa shape index (κ3) is 6.17. The molecule has 0 heterocycles. The van der Waals surface area contributed by atoms with Crippen molar-refractivity contribution in [3.05, 3.63) is 23.8 Å². The number of rotatable bonds is 9. The van der Waals surface area contributed by atoms with Gasteiger partial charge in [0.25, 0.3) is 0 Å². The molecular formula is C17H28N2O2. The lowest BCUT2D eigenvalue weighted by molar-refractivity contribution is -0.116. The highest BCUT2D eigenvalue weighted by atomic mass is 16.3. The third-order valence-corrected chi connectivity index (χ3v) is 3.49. The Morgan fingerprint density at radius 2 is 2.00 bits per heavy atom. The normalized spacial score (nSPS) is 12.1. The maximum atomic E-state index is 11.6. The van der Waals surface area contributed by atoms with Gasteiger partial charge in [-0.25, -0.2) is 0 Å². The van der Waals surface area contributed by atoms with Crippen molar-refractivity contribution in [2.75, 3.05) is 11.9 Å². The van der Waals surface area contributed by atoms with Gasteiger partial charge in [-0.1, -0.05) is 26.7 Å². The molecule has 1 rings (SSSR count). The van der Waals surface area contributed by atoms with E-state index in [9.17, 15) is 9.90 Å². The minimum Gasteiger partial charge on any atom is -0.508 e. The van der Waals surface area contributed by atoms with Crippen molar-refractivity contribution in [3.63, 3.8) is 0 Å². The number of hydrogen-bond donors (Lipinski definition) is 3. The summed E-state index contributed by atoms with van der Waals surface area (Å²) in [6.45, 7) is 7.11. The number of phenols is 1. The van der Waals surface area contributed by atoms with E-state index >= 15 is 0 Å². The van der Waals surface area contributed by atoms with Crippen LogP contribution in [0.4, 0.5) is 5.69 Å². The smallest absolute Gasteiger partial charge is 0.224 e. The standard InChI is InChI=1S/C17H28N2O2/c1-4-6-7-11-18-13(3)15-12-14(9-10-16(15)20)19-17(21)8-5-2/h9-10,12-13,18,20H,4-8,11H2,1-3H3,(H,19,21). The summed E-state index contributed by atoms with van der Waals surface area (Å²) in [6.07, 6.45) is 4.88. The molecule has 1 aromatic carbocycles. The Kier molecular flexibility index (Phi) is 7.83. The van der Waals surface area contributed by atoms with Gasteiger partial charge in [-0.05, 0) is 44.5 Å². The molecule has 0 aliphatic heterocycles. The minimum absolute atomic E-state index is 0.0118. The molecule has 1 atom stereocenters.